The molecule has 0 saturated heterocycles. The SMILES string of the molecule is CC(C)c1c(C(=O)NC2C3CC4CC2CC(O)(C4)C3)cnn1-c1ccc(Cl)cc1. The number of halogens is 1. The lowest BCUT2D eigenvalue weighted by Gasteiger charge is -2.58. The Balaban J connectivity index is 1.41. The smallest absolute Gasteiger partial charge is 0.255 e. The Morgan fingerprint density at radius 2 is 1.86 bits per heavy atom. The summed E-state index contributed by atoms with van der Waals surface area (Å²) < 4.78 is 1.84. The summed E-state index contributed by atoms with van der Waals surface area (Å²) >= 11 is 6.02. The van der Waals surface area contributed by atoms with Crippen LogP contribution in [0.2, 0.25) is 5.02 Å². The maximum Gasteiger partial charge on any atom is 0.255 e. The topological polar surface area (TPSA) is 67.2 Å². The maximum absolute atomic E-state index is 13.3. The molecule has 1 heterocycles. The maximum atomic E-state index is 13.3. The van der Waals surface area contributed by atoms with Crippen molar-refractivity contribution in [2.45, 2.75) is 63.5 Å². The van der Waals surface area contributed by atoms with Crippen molar-refractivity contribution >= 4 is 17.5 Å². The molecule has 4 bridgehead atoms. The second-order valence-corrected chi connectivity index (χ2v) is 10.1. The molecule has 2 atom stereocenters. The van der Waals surface area contributed by atoms with Crippen LogP contribution in [0.3, 0.4) is 0 Å². The van der Waals surface area contributed by atoms with Gasteiger partial charge in [-0.3, -0.25) is 4.79 Å². The van der Waals surface area contributed by atoms with Gasteiger partial charge in [-0.2, -0.15) is 5.10 Å². The number of aliphatic hydroxyl groups is 1. The van der Waals surface area contributed by atoms with Crippen LogP contribution in [-0.2, 0) is 0 Å². The summed E-state index contributed by atoms with van der Waals surface area (Å²) in [6.07, 6.45) is 6.54. The van der Waals surface area contributed by atoms with E-state index in [0.717, 1.165) is 43.5 Å². The van der Waals surface area contributed by atoms with Crippen LogP contribution in [0, 0.1) is 17.8 Å². The first-order valence-electron chi connectivity index (χ1n) is 10.7. The largest absolute Gasteiger partial charge is 0.390 e. The van der Waals surface area contributed by atoms with E-state index >= 15 is 0 Å². The van der Waals surface area contributed by atoms with Crippen LogP contribution in [0.1, 0.15) is 67.9 Å². The van der Waals surface area contributed by atoms with Crippen LogP contribution >= 0.6 is 11.6 Å². The fourth-order valence-corrected chi connectivity index (χ4v) is 6.45. The number of hydrogen-bond donors (Lipinski definition) is 2. The van der Waals surface area contributed by atoms with E-state index in [1.807, 2.05) is 28.9 Å². The predicted octanol–water partition coefficient (Wildman–Crippen LogP) is 4.32. The number of aromatic nitrogens is 2. The van der Waals surface area contributed by atoms with Gasteiger partial charge in [0.1, 0.15) is 0 Å². The third kappa shape index (κ3) is 3.28. The van der Waals surface area contributed by atoms with Crippen molar-refractivity contribution in [3.05, 3.63) is 46.7 Å². The number of carbonyl (C=O) groups excluding carboxylic acids is 1. The minimum Gasteiger partial charge on any atom is -0.390 e. The number of nitrogens with one attached hydrogen (secondary N) is 1. The molecule has 4 saturated carbocycles. The molecule has 1 amide bonds. The number of carbonyl (C=O) groups is 1. The van der Waals surface area contributed by atoms with E-state index in [-0.39, 0.29) is 17.9 Å². The Kier molecular flexibility index (Phi) is 4.52. The number of amides is 1. The summed E-state index contributed by atoms with van der Waals surface area (Å²) in [4.78, 5) is 13.3. The Labute approximate surface area is 176 Å². The minimum atomic E-state index is -0.486. The fraction of sp³-hybridized carbons (Fsp3) is 0.565. The quantitative estimate of drug-likeness (QED) is 0.784. The van der Waals surface area contributed by atoms with Crippen LogP contribution in [-0.4, -0.2) is 32.4 Å². The molecule has 0 spiro atoms. The molecule has 4 fully saturated rings. The van der Waals surface area contributed by atoms with Crippen LogP contribution in [0.4, 0.5) is 0 Å². The molecule has 0 aliphatic heterocycles. The van der Waals surface area contributed by atoms with Gasteiger partial charge in [0.15, 0.2) is 0 Å². The molecule has 1 aromatic carbocycles. The highest BCUT2D eigenvalue weighted by Gasteiger charge is 2.55. The zero-order valence-electron chi connectivity index (χ0n) is 16.9. The highest BCUT2D eigenvalue weighted by Crippen LogP contribution is 2.55. The zero-order valence-corrected chi connectivity index (χ0v) is 17.7. The monoisotopic (exact) mass is 413 g/mol. The van der Waals surface area contributed by atoms with Crippen LogP contribution in [0.15, 0.2) is 30.5 Å². The summed E-state index contributed by atoms with van der Waals surface area (Å²) in [7, 11) is 0. The highest BCUT2D eigenvalue weighted by atomic mass is 35.5. The molecule has 1 aromatic heterocycles. The van der Waals surface area contributed by atoms with Gasteiger partial charge in [-0.1, -0.05) is 25.4 Å². The van der Waals surface area contributed by atoms with Gasteiger partial charge in [-0.15, -0.1) is 0 Å². The van der Waals surface area contributed by atoms with E-state index < -0.39 is 5.60 Å². The van der Waals surface area contributed by atoms with Gasteiger partial charge in [0.2, 0.25) is 0 Å². The van der Waals surface area contributed by atoms with E-state index in [4.69, 9.17) is 11.6 Å². The molecule has 6 heteroatoms. The summed E-state index contributed by atoms with van der Waals surface area (Å²) in [5, 5.41) is 19.3. The van der Waals surface area contributed by atoms with E-state index in [1.165, 1.54) is 0 Å². The van der Waals surface area contributed by atoms with E-state index in [1.54, 1.807) is 6.20 Å². The summed E-state index contributed by atoms with van der Waals surface area (Å²) in [5.74, 6) is 1.52. The first-order chi connectivity index (χ1) is 13.8. The van der Waals surface area contributed by atoms with Crippen molar-refractivity contribution in [2.75, 3.05) is 0 Å². The molecule has 2 aromatic rings. The van der Waals surface area contributed by atoms with Crippen molar-refractivity contribution in [2.24, 2.45) is 17.8 Å². The summed E-state index contributed by atoms with van der Waals surface area (Å²) in [5.41, 5.74) is 1.96. The molecule has 6 rings (SSSR count). The lowest BCUT2D eigenvalue weighted by atomic mass is 9.52. The second-order valence-electron chi connectivity index (χ2n) is 9.68. The second kappa shape index (κ2) is 6.85. The van der Waals surface area contributed by atoms with Crippen molar-refractivity contribution in [3.63, 3.8) is 0 Å². The van der Waals surface area contributed by atoms with Gasteiger partial charge in [-0.05, 0) is 80.0 Å². The molecular weight excluding hydrogens is 386 g/mol. The van der Waals surface area contributed by atoms with Crippen LogP contribution in [0.25, 0.3) is 5.69 Å². The molecule has 2 unspecified atom stereocenters. The number of nitrogens with zero attached hydrogens (tertiary/aromatic N) is 2. The number of hydrogen-bond acceptors (Lipinski definition) is 3. The van der Waals surface area contributed by atoms with Crippen molar-refractivity contribution in [1.82, 2.24) is 15.1 Å². The summed E-state index contributed by atoms with van der Waals surface area (Å²) in [6, 6.07) is 7.67. The number of benzene rings is 1. The van der Waals surface area contributed by atoms with E-state index in [2.05, 4.69) is 24.3 Å². The average Bonchev–Trinajstić information content (AvgIpc) is 3.09. The Morgan fingerprint density at radius 3 is 2.45 bits per heavy atom. The minimum absolute atomic E-state index is 0.0432. The van der Waals surface area contributed by atoms with Crippen molar-refractivity contribution < 1.29 is 9.90 Å². The molecular formula is C23H28ClN3O2. The first-order valence-corrected chi connectivity index (χ1v) is 11.1. The average molecular weight is 414 g/mol. The molecule has 5 nitrogen and oxygen atoms in total. The van der Waals surface area contributed by atoms with Gasteiger partial charge < -0.3 is 10.4 Å². The molecule has 4 aliphatic rings. The molecule has 0 radical (unpaired) electrons. The summed E-state index contributed by atoms with van der Waals surface area (Å²) in [6.45, 7) is 4.16. The van der Waals surface area contributed by atoms with E-state index in [9.17, 15) is 9.90 Å². The molecule has 154 valence electrons. The Hall–Kier alpha value is -1.85. The fourth-order valence-electron chi connectivity index (χ4n) is 6.32. The van der Waals surface area contributed by atoms with Crippen molar-refractivity contribution in [3.8, 4) is 5.69 Å². The Morgan fingerprint density at radius 1 is 1.21 bits per heavy atom. The third-order valence-corrected chi connectivity index (χ3v) is 7.46. The Bertz CT molecular complexity index is 920. The molecule has 2 N–H and O–H groups in total. The lowest BCUT2D eigenvalue weighted by Crippen LogP contribution is -2.61. The molecule has 29 heavy (non-hydrogen) atoms. The van der Waals surface area contributed by atoms with Gasteiger partial charge >= 0.3 is 0 Å². The van der Waals surface area contributed by atoms with Gasteiger partial charge in [0.05, 0.1) is 28.7 Å². The zero-order chi connectivity index (χ0) is 20.3. The van der Waals surface area contributed by atoms with Gasteiger partial charge in [-0.25, -0.2) is 4.68 Å². The third-order valence-electron chi connectivity index (χ3n) is 7.21. The van der Waals surface area contributed by atoms with Gasteiger partial charge in [0.25, 0.3) is 5.91 Å². The predicted molar refractivity (Wildman–Crippen MR) is 112 cm³/mol. The highest BCUT2D eigenvalue weighted by molar-refractivity contribution is 6.30. The molecule has 4 aliphatic carbocycles. The lowest BCUT2D eigenvalue weighted by molar-refractivity contribution is -0.136. The van der Waals surface area contributed by atoms with Crippen LogP contribution in [0.5, 0.6) is 0 Å². The van der Waals surface area contributed by atoms with E-state index in [0.29, 0.717) is 28.3 Å². The van der Waals surface area contributed by atoms with Crippen LogP contribution < -0.4 is 5.32 Å². The standard InChI is InChI=1S/C23H28ClN3O2/c1-13(2)21-19(12-25-27(21)18-5-3-17(24)4-6-18)22(28)26-20-15-7-14-8-16(20)11-23(29,9-14)10-15/h3-6,12-16,20,29H,7-11H2,1-2H3,(H,26,28). The first kappa shape index (κ1) is 19.1. The van der Waals surface area contributed by atoms with Crippen molar-refractivity contribution in [1.29, 1.82) is 0 Å². The normalized spacial score (nSPS) is 32.7. The number of rotatable bonds is 4. The van der Waals surface area contributed by atoms with Gasteiger partial charge in [0, 0.05) is 11.1 Å².